The molecule has 2 atom stereocenters. The van der Waals surface area contributed by atoms with E-state index in [0.717, 1.165) is 16.8 Å². The number of carbonyl (C=O) groups is 2. The van der Waals surface area contributed by atoms with Crippen molar-refractivity contribution < 1.29 is 14.7 Å². The van der Waals surface area contributed by atoms with Gasteiger partial charge in [-0.2, -0.15) is 0 Å². The number of carbonyl (C=O) groups excluding carboxylic acids is 2. The zero-order chi connectivity index (χ0) is 17.1. The summed E-state index contributed by atoms with van der Waals surface area (Å²) >= 11 is 0. The van der Waals surface area contributed by atoms with Crippen LogP contribution in [0.15, 0.2) is 54.6 Å². The zero-order valence-corrected chi connectivity index (χ0v) is 13.5. The predicted molar refractivity (Wildman–Crippen MR) is 91.5 cm³/mol. The van der Waals surface area contributed by atoms with Crippen molar-refractivity contribution in [1.29, 1.82) is 0 Å². The molecule has 2 aromatic rings. The number of benzene rings is 2. The highest BCUT2D eigenvalue weighted by Crippen LogP contribution is 2.32. The number of rotatable bonds is 4. The molecular formula is C19H20N2O3. The van der Waals surface area contributed by atoms with Crippen molar-refractivity contribution in [1.82, 2.24) is 5.32 Å². The number of hydrogen-bond donors (Lipinski definition) is 2. The van der Waals surface area contributed by atoms with E-state index in [1.165, 1.54) is 11.8 Å². The lowest BCUT2D eigenvalue weighted by Gasteiger charge is -2.26. The first-order valence-electron chi connectivity index (χ1n) is 7.95. The van der Waals surface area contributed by atoms with Gasteiger partial charge in [0, 0.05) is 19.0 Å². The van der Waals surface area contributed by atoms with E-state index in [1.807, 2.05) is 54.6 Å². The molecule has 124 valence electrons. The maximum Gasteiger partial charge on any atom is 0.244 e. The van der Waals surface area contributed by atoms with Gasteiger partial charge in [0.15, 0.2) is 0 Å². The minimum atomic E-state index is -0.585. The highest BCUT2D eigenvalue weighted by Gasteiger charge is 2.37. The normalized spacial score (nSPS) is 17.2. The van der Waals surface area contributed by atoms with E-state index < -0.39 is 12.1 Å². The molecule has 3 rings (SSSR count). The van der Waals surface area contributed by atoms with E-state index in [2.05, 4.69) is 5.32 Å². The van der Waals surface area contributed by atoms with Crippen molar-refractivity contribution in [3.8, 4) is 0 Å². The van der Waals surface area contributed by atoms with Crippen molar-refractivity contribution in [2.75, 3.05) is 11.5 Å². The fraction of sp³-hybridized carbons (Fsp3) is 0.263. The van der Waals surface area contributed by atoms with E-state index in [4.69, 9.17) is 0 Å². The molecule has 0 fully saturated rings. The molecule has 24 heavy (non-hydrogen) atoms. The highest BCUT2D eigenvalue weighted by atomic mass is 16.3. The Hall–Kier alpha value is -2.66. The summed E-state index contributed by atoms with van der Waals surface area (Å²) in [4.78, 5) is 26.3. The monoisotopic (exact) mass is 324 g/mol. The molecule has 1 unspecified atom stereocenters. The van der Waals surface area contributed by atoms with Crippen LogP contribution in [0.3, 0.4) is 0 Å². The van der Waals surface area contributed by atoms with Crippen molar-refractivity contribution in [2.45, 2.75) is 25.4 Å². The number of nitrogens with one attached hydrogen (secondary N) is 1. The molecule has 1 heterocycles. The first-order chi connectivity index (χ1) is 11.6. The van der Waals surface area contributed by atoms with E-state index in [9.17, 15) is 14.7 Å². The van der Waals surface area contributed by atoms with Gasteiger partial charge in [-0.25, -0.2) is 0 Å². The van der Waals surface area contributed by atoms with Crippen LogP contribution in [-0.4, -0.2) is 29.6 Å². The molecule has 0 saturated heterocycles. The number of anilines is 1. The maximum atomic E-state index is 12.8. The average molecular weight is 324 g/mol. The Morgan fingerprint density at radius 3 is 2.50 bits per heavy atom. The third-order valence-electron chi connectivity index (χ3n) is 4.32. The van der Waals surface area contributed by atoms with E-state index in [-0.39, 0.29) is 18.4 Å². The highest BCUT2D eigenvalue weighted by molar-refractivity contribution is 6.02. The van der Waals surface area contributed by atoms with Gasteiger partial charge in [0.2, 0.25) is 11.8 Å². The third kappa shape index (κ3) is 3.03. The number of nitrogens with zero attached hydrogens (tertiary/aromatic N) is 1. The lowest BCUT2D eigenvalue weighted by molar-refractivity contribution is -0.126. The van der Waals surface area contributed by atoms with Gasteiger partial charge in [0.1, 0.15) is 6.04 Å². The number of hydrogen-bond acceptors (Lipinski definition) is 3. The minimum absolute atomic E-state index is 0.166. The van der Waals surface area contributed by atoms with Crippen LogP contribution in [-0.2, 0) is 16.0 Å². The fourth-order valence-corrected chi connectivity index (χ4v) is 3.17. The van der Waals surface area contributed by atoms with Crippen LogP contribution in [0, 0.1) is 0 Å². The van der Waals surface area contributed by atoms with Crippen LogP contribution in [0.4, 0.5) is 5.69 Å². The van der Waals surface area contributed by atoms with Crippen molar-refractivity contribution in [3.63, 3.8) is 0 Å². The second-order valence-corrected chi connectivity index (χ2v) is 5.89. The lowest BCUT2D eigenvalue weighted by atomic mass is 10.1. The molecule has 1 aliphatic heterocycles. The number of aliphatic hydroxyl groups excluding tert-OH is 1. The minimum Gasteiger partial charge on any atom is -0.394 e. The Bertz CT molecular complexity index is 745. The molecule has 0 saturated carbocycles. The molecule has 2 amide bonds. The van der Waals surface area contributed by atoms with E-state index in [0.29, 0.717) is 6.42 Å². The Balaban J connectivity index is 1.81. The Kier molecular flexibility index (Phi) is 4.62. The number of fused-ring (bicyclic) bond motifs is 1. The third-order valence-corrected chi connectivity index (χ3v) is 4.32. The van der Waals surface area contributed by atoms with Crippen LogP contribution in [0.5, 0.6) is 0 Å². The summed E-state index contributed by atoms with van der Waals surface area (Å²) < 4.78 is 0. The summed E-state index contributed by atoms with van der Waals surface area (Å²) in [5, 5.41) is 12.5. The molecule has 2 aromatic carbocycles. The standard InChI is InChI=1S/C19H20N2O3/c1-13(23)21-17-10-6-5-9-15(17)11-18(21)19(24)20-16(12-22)14-7-3-2-4-8-14/h2-10,16,18,22H,11-12H2,1H3,(H,20,24)/t16?,18-/m0/s1. The summed E-state index contributed by atoms with van der Waals surface area (Å²) in [5.74, 6) is -0.426. The predicted octanol–water partition coefficient (Wildman–Crippen LogP) is 1.81. The quantitative estimate of drug-likeness (QED) is 0.901. The largest absolute Gasteiger partial charge is 0.394 e. The van der Waals surface area contributed by atoms with Gasteiger partial charge in [-0.1, -0.05) is 48.5 Å². The SMILES string of the molecule is CC(=O)N1c2ccccc2C[C@H]1C(=O)NC(CO)c1ccccc1. The zero-order valence-electron chi connectivity index (χ0n) is 13.5. The molecule has 5 nitrogen and oxygen atoms in total. The van der Waals surface area contributed by atoms with E-state index in [1.54, 1.807) is 0 Å². The van der Waals surface area contributed by atoms with Crippen LogP contribution in [0.2, 0.25) is 0 Å². The van der Waals surface area contributed by atoms with Crippen molar-refractivity contribution in [3.05, 3.63) is 65.7 Å². The van der Waals surface area contributed by atoms with Gasteiger partial charge in [-0.3, -0.25) is 14.5 Å². The number of aliphatic hydroxyl groups is 1. The molecule has 0 radical (unpaired) electrons. The maximum absolute atomic E-state index is 12.8. The Morgan fingerprint density at radius 1 is 1.17 bits per heavy atom. The Morgan fingerprint density at radius 2 is 1.83 bits per heavy atom. The summed E-state index contributed by atoms with van der Waals surface area (Å²) in [7, 11) is 0. The molecule has 0 aliphatic carbocycles. The summed E-state index contributed by atoms with van der Waals surface area (Å²) in [6.45, 7) is 1.26. The molecule has 5 heteroatoms. The fourth-order valence-electron chi connectivity index (χ4n) is 3.17. The van der Waals surface area contributed by atoms with Crippen LogP contribution in [0.1, 0.15) is 24.1 Å². The van der Waals surface area contributed by atoms with E-state index >= 15 is 0 Å². The van der Waals surface area contributed by atoms with Gasteiger partial charge in [-0.15, -0.1) is 0 Å². The second-order valence-electron chi connectivity index (χ2n) is 5.89. The lowest BCUT2D eigenvalue weighted by Crippen LogP contribution is -2.48. The molecule has 0 bridgehead atoms. The number of para-hydroxylation sites is 1. The van der Waals surface area contributed by atoms with Gasteiger partial charge in [0.05, 0.1) is 12.6 Å². The van der Waals surface area contributed by atoms with Gasteiger partial charge >= 0.3 is 0 Å². The second kappa shape index (κ2) is 6.84. The van der Waals surface area contributed by atoms with Crippen LogP contribution < -0.4 is 10.2 Å². The first kappa shape index (κ1) is 16.2. The van der Waals surface area contributed by atoms with Crippen molar-refractivity contribution >= 4 is 17.5 Å². The molecule has 1 aliphatic rings. The van der Waals surface area contributed by atoms with Gasteiger partial charge in [0.25, 0.3) is 0 Å². The molecule has 0 aromatic heterocycles. The molecule has 2 N–H and O–H groups in total. The van der Waals surface area contributed by atoms with Crippen molar-refractivity contribution in [2.24, 2.45) is 0 Å². The average Bonchev–Trinajstić information content (AvgIpc) is 3.00. The summed E-state index contributed by atoms with van der Waals surface area (Å²) in [5.41, 5.74) is 2.59. The number of amides is 2. The summed E-state index contributed by atoms with van der Waals surface area (Å²) in [6, 6.07) is 15.8. The van der Waals surface area contributed by atoms with Gasteiger partial charge < -0.3 is 10.4 Å². The topological polar surface area (TPSA) is 69.6 Å². The molecule has 0 spiro atoms. The van der Waals surface area contributed by atoms with Gasteiger partial charge in [-0.05, 0) is 17.2 Å². The Labute approximate surface area is 140 Å². The smallest absolute Gasteiger partial charge is 0.244 e. The summed E-state index contributed by atoms with van der Waals surface area (Å²) in [6.07, 6.45) is 0.481. The molecular weight excluding hydrogens is 304 g/mol. The van der Waals surface area contributed by atoms with Crippen LogP contribution in [0.25, 0.3) is 0 Å². The van der Waals surface area contributed by atoms with Crippen LogP contribution >= 0.6 is 0 Å². The first-order valence-corrected chi connectivity index (χ1v) is 7.95.